The van der Waals surface area contributed by atoms with Gasteiger partial charge in [-0.15, -0.1) is 0 Å². The van der Waals surface area contributed by atoms with Gasteiger partial charge in [0.15, 0.2) is 11.5 Å². The lowest BCUT2D eigenvalue weighted by Gasteiger charge is -2.22. The summed E-state index contributed by atoms with van der Waals surface area (Å²) in [4.78, 5) is 4.09. The number of fused-ring (bicyclic) bond motifs is 1. The summed E-state index contributed by atoms with van der Waals surface area (Å²) in [5.41, 5.74) is 8.06. The highest BCUT2D eigenvalue weighted by Gasteiger charge is 2.21. The molecule has 1 unspecified atom stereocenters. The molecule has 2 heterocycles. The van der Waals surface area contributed by atoms with Gasteiger partial charge in [0.1, 0.15) is 25.1 Å². The molecule has 0 bridgehead atoms. The van der Waals surface area contributed by atoms with Gasteiger partial charge in [-0.25, -0.2) is 4.98 Å². The number of benzene rings is 1. The fourth-order valence-electron chi connectivity index (χ4n) is 2.29. The molecule has 21 heavy (non-hydrogen) atoms. The monoisotopic (exact) mass is 350 g/mol. The van der Waals surface area contributed by atoms with Crippen LogP contribution < -0.4 is 15.2 Å². The average molecular weight is 351 g/mol. The molecule has 3 N–H and O–H groups in total. The van der Waals surface area contributed by atoms with Gasteiger partial charge in [0.05, 0.1) is 4.47 Å². The van der Waals surface area contributed by atoms with Crippen molar-refractivity contribution in [2.24, 2.45) is 0 Å². The molecule has 3 rings (SSSR count). The van der Waals surface area contributed by atoms with E-state index in [9.17, 15) is 5.11 Å². The van der Waals surface area contributed by atoms with Gasteiger partial charge in [-0.2, -0.15) is 0 Å². The number of aliphatic hydroxyl groups is 1. The third-order valence-corrected chi connectivity index (χ3v) is 3.90. The van der Waals surface area contributed by atoms with Gasteiger partial charge in [-0.1, -0.05) is 0 Å². The number of nitrogens with two attached hydrogens (primary N) is 1. The third-order valence-electron chi connectivity index (χ3n) is 3.32. The fraction of sp³-hybridized carbons (Fsp3) is 0.267. The van der Waals surface area contributed by atoms with Gasteiger partial charge in [-0.3, -0.25) is 0 Å². The maximum atomic E-state index is 10.6. The van der Waals surface area contributed by atoms with Crippen molar-refractivity contribution < 1.29 is 14.6 Å². The molecule has 110 valence electrons. The Kier molecular flexibility index (Phi) is 3.73. The zero-order chi connectivity index (χ0) is 15.0. The van der Waals surface area contributed by atoms with Crippen LogP contribution in [0.2, 0.25) is 0 Å². The molecule has 1 aromatic carbocycles. The van der Waals surface area contributed by atoms with E-state index >= 15 is 0 Å². The summed E-state index contributed by atoms with van der Waals surface area (Å²) in [5.74, 6) is 1.59. The van der Waals surface area contributed by atoms with Crippen molar-refractivity contribution in [3.63, 3.8) is 0 Å². The Morgan fingerprint density at radius 1 is 1.29 bits per heavy atom. The molecule has 0 amide bonds. The van der Waals surface area contributed by atoms with Gasteiger partial charge < -0.3 is 20.3 Å². The molecule has 0 spiro atoms. The summed E-state index contributed by atoms with van der Waals surface area (Å²) in [6.07, 6.45) is 0.801. The zero-order valence-corrected chi connectivity index (χ0v) is 13.1. The molecular weight excluding hydrogens is 336 g/mol. The van der Waals surface area contributed by atoms with Crippen LogP contribution in [0, 0.1) is 6.92 Å². The number of aromatic nitrogens is 1. The van der Waals surface area contributed by atoms with Gasteiger partial charge >= 0.3 is 0 Å². The molecule has 1 aliphatic rings. The number of hydrogen-bond acceptors (Lipinski definition) is 5. The number of nitrogen functional groups attached to an aromatic ring is 1. The molecule has 1 aliphatic heterocycles. The number of anilines is 1. The first kappa shape index (κ1) is 14.2. The molecule has 0 radical (unpaired) electrons. The van der Waals surface area contributed by atoms with Crippen molar-refractivity contribution in [3.8, 4) is 11.5 Å². The van der Waals surface area contributed by atoms with Crippen molar-refractivity contribution in [2.45, 2.75) is 13.0 Å². The molecule has 2 aromatic rings. The first-order valence-corrected chi connectivity index (χ1v) is 7.34. The number of aryl methyl sites for hydroxylation is 1. The lowest BCUT2D eigenvalue weighted by atomic mass is 10.0. The van der Waals surface area contributed by atoms with E-state index < -0.39 is 6.10 Å². The van der Waals surface area contributed by atoms with E-state index in [1.54, 1.807) is 18.3 Å². The van der Waals surface area contributed by atoms with E-state index in [1.807, 2.05) is 13.0 Å². The second-order valence-electron chi connectivity index (χ2n) is 4.92. The number of aliphatic hydroxyl groups excluding tert-OH is 1. The highest BCUT2D eigenvalue weighted by molar-refractivity contribution is 9.10. The van der Waals surface area contributed by atoms with Gasteiger partial charge in [0.2, 0.25) is 0 Å². The third kappa shape index (κ3) is 2.69. The van der Waals surface area contributed by atoms with Gasteiger partial charge in [-0.05, 0) is 52.2 Å². The summed E-state index contributed by atoms with van der Waals surface area (Å²) in [5, 5.41) is 10.6. The van der Waals surface area contributed by atoms with E-state index in [2.05, 4.69) is 20.9 Å². The Balaban J connectivity index is 2.03. The molecule has 1 atom stereocenters. The molecule has 0 aliphatic carbocycles. The maximum absolute atomic E-state index is 10.6. The second kappa shape index (κ2) is 5.54. The SMILES string of the molecule is Cc1cnc(N)c(C(O)c2cc(Br)c3c(c2)OCCO3)c1. The second-order valence-corrected chi connectivity index (χ2v) is 5.77. The van der Waals surface area contributed by atoms with Crippen LogP contribution in [0.15, 0.2) is 28.9 Å². The van der Waals surface area contributed by atoms with Crippen molar-refractivity contribution in [1.82, 2.24) is 4.98 Å². The van der Waals surface area contributed by atoms with Crippen LogP contribution in [0.4, 0.5) is 5.82 Å². The Labute approximate surface area is 130 Å². The van der Waals surface area contributed by atoms with Crippen LogP contribution in [-0.2, 0) is 0 Å². The molecule has 6 heteroatoms. The minimum absolute atomic E-state index is 0.319. The van der Waals surface area contributed by atoms with Crippen molar-refractivity contribution in [1.29, 1.82) is 0 Å². The first-order chi connectivity index (χ1) is 10.1. The highest BCUT2D eigenvalue weighted by atomic mass is 79.9. The van der Waals surface area contributed by atoms with Gasteiger partial charge in [0.25, 0.3) is 0 Å². The Morgan fingerprint density at radius 2 is 2.05 bits per heavy atom. The normalized spacial score (nSPS) is 14.8. The molecule has 0 saturated carbocycles. The molecule has 1 aromatic heterocycles. The predicted octanol–water partition coefficient (Wildman–Crippen LogP) is 2.59. The Morgan fingerprint density at radius 3 is 2.86 bits per heavy atom. The Bertz CT molecular complexity index is 691. The summed E-state index contributed by atoms with van der Waals surface area (Å²) >= 11 is 3.44. The van der Waals surface area contributed by atoms with Crippen molar-refractivity contribution >= 4 is 21.7 Å². The fourth-order valence-corrected chi connectivity index (χ4v) is 2.86. The van der Waals surface area contributed by atoms with Crippen LogP contribution in [0.25, 0.3) is 0 Å². The van der Waals surface area contributed by atoms with E-state index in [-0.39, 0.29) is 0 Å². The summed E-state index contributed by atoms with van der Waals surface area (Å²) in [7, 11) is 0. The molecule has 0 fully saturated rings. The van der Waals surface area contributed by atoms with E-state index in [4.69, 9.17) is 15.2 Å². The largest absolute Gasteiger partial charge is 0.486 e. The van der Waals surface area contributed by atoms with E-state index in [0.717, 1.165) is 10.0 Å². The van der Waals surface area contributed by atoms with Crippen LogP contribution in [-0.4, -0.2) is 23.3 Å². The summed E-state index contributed by atoms with van der Waals surface area (Å²) < 4.78 is 11.9. The number of nitrogens with zero attached hydrogens (tertiary/aromatic N) is 1. The lowest BCUT2D eigenvalue weighted by molar-refractivity contribution is 0.168. The molecular formula is C15H15BrN2O3. The maximum Gasteiger partial charge on any atom is 0.175 e. The van der Waals surface area contributed by atoms with Gasteiger partial charge in [0, 0.05) is 11.8 Å². The van der Waals surface area contributed by atoms with Crippen molar-refractivity contribution in [2.75, 3.05) is 18.9 Å². The smallest absolute Gasteiger partial charge is 0.175 e. The summed E-state index contributed by atoms with van der Waals surface area (Å²) in [6, 6.07) is 5.41. The average Bonchev–Trinajstić information content (AvgIpc) is 2.49. The van der Waals surface area contributed by atoms with Crippen LogP contribution in [0.5, 0.6) is 11.5 Å². The lowest BCUT2D eigenvalue weighted by Crippen LogP contribution is -2.16. The quantitative estimate of drug-likeness (QED) is 0.870. The highest BCUT2D eigenvalue weighted by Crippen LogP contribution is 2.41. The minimum atomic E-state index is -0.871. The van der Waals surface area contributed by atoms with E-state index in [0.29, 0.717) is 41.7 Å². The number of pyridine rings is 1. The minimum Gasteiger partial charge on any atom is -0.486 e. The standard InChI is InChI=1S/C15H15BrN2O3/c1-8-4-10(15(17)18-7-8)13(19)9-5-11(16)14-12(6-9)20-2-3-21-14/h4-7,13,19H,2-3H2,1H3,(H2,17,18). The number of ether oxygens (including phenoxy) is 2. The first-order valence-electron chi connectivity index (χ1n) is 6.55. The number of rotatable bonds is 2. The molecule has 5 nitrogen and oxygen atoms in total. The van der Waals surface area contributed by atoms with Crippen LogP contribution >= 0.6 is 15.9 Å². The van der Waals surface area contributed by atoms with Crippen molar-refractivity contribution in [3.05, 3.63) is 45.6 Å². The van der Waals surface area contributed by atoms with E-state index in [1.165, 1.54) is 0 Å². The summed E-state index contributed by atoms with van der Waals surface area (Å²) in [6.45, 7) is 2.91. The van der Waals surface area contributed by atoms with Crippen LogP contribution in [0.1, 0.15) is 22.8 Å². The topological polar surface area (TPSA) is 77.6 Å². The Hall–Kier alpha value is -1.79. The number of halogens is 1. The zero-order valence-electron chi connectivity index (χ0n) is 11.5. The number of hydrogen-bond donors (Lipinski definition) is 2. The predicted molar refractivity (Wildman–Crippen MR) is 82.6 cm³/mol. The van der Waals surface area contributed by atoms with Crippen LogP contribution in [0.3, 0.4) is 0 Å². The molecule has 0 saturated heterocycles.